The summed E-state index contributed by atoms with van der Waals surface area (Å²) in [4.78, 5) is 143. The van der Waals surface area contributed by atoms with Crippen LogP contribution in [-0.4, -0.2) is 277 Å². The van der Waals surface area contributed by atoms with E-state index in [0.717, 1.165) is 10.9 Å². The predicted octanol–water partition coefficient (Wildman–Crippen LogP) is -5.92. The van der Waals surface area contributed by atoms with E-state index in [1.54, 1.807) is 33.9 Å². The maximum absolute atomic E-state index is 14.9. The molecule has 0 saturated carbocycles. The van der Waals surface area contributed by atoms with Gasteiger partial charge in [0.2, 0.25) is 53.2 Å². The van der Waals surface area contributed by atoms with Gasteiger partial charge < -0.3 is 116 Å². The molecule has 7 heterocycles. The lowest BCUT2D eigenvalue weighted by atomic mass is 9.96. The minimum absolute atomic E-state index is 0.0496. The number of imidazole rings is 1. The zero-order valence-electron chi connectivity index (χ0n) is 52.2. The van der Waals surface area contributed by atoms with Crippen LogP contribution in [0.1, 0.15) is 77.5 Å². The minimum atomic E-state index is -1.86. The van der Waals surface area contributed by atoms with Crippen molar-refractivity contribution in [3.8, 4) is 0 Å². The van der Waals surface area contributed by atoms with Crippen molar-refractivity contribution in [2.75, 3.05) is 59.2 Å². The number of aromatic nitrogens is 3. The van der Waals surface area contributed by atoms with Crippen LogP contribution < -0.4 is 37.2 Å². The van der Waals surface area contributed by atoms with E-state index in [1.165, 1.54) is 22.3 Å². The Morgan fingerprint density at radius 2 is 1.34 bits per heavy atom. The molecule has 9 amide bonds. The van der Waals surface area contributed by atoms with Crippen LogP contribution in [0.25, 0.3) is 10.9 Å². The summed E-state index contributed by atoms with van der Waals surface area (Å²) in [7, 11) is 0. The molecule has 0 radical (unpaired) electrons. The number of nitrogens with zero attached hydrogens (tertiary/aromatic N) is 3. The van der Waals surface area contributed by atoms with Gasteiger partial charge in [0.1, 0.15) is 91.1 Å². The van der Waals surface area contributed by atoms with Crippen molar-refractivity contribution < 1.29 is 103 Å². The quantitative estimate of drug-likeness (QED) is 0.0468. The second-order valence-corrected chi connectivity index (χ2v) is 24.3. The van der Waals surface area contributed by atoms with Crippen LogP contribution in [0.4, 0.5) is 0 Å². The third kappa shape index (κ3) is 17.7. The van der Waals surface area contributed by atoms with Crippen molar-refractivity contribution in [3.05, 3.63) is 54.2 Å². The molecule has 2 aromatic heterocycles. The van der Waals surface area contributed by atoms with Crippen molar-refractivity contribution in [1.82, 2.24) is 62.0 Å². The molecule has 0 aliphatic carbocycles. The number of H-pyrrole nitrogens is 2. The molecule has 5 saturated heterocycles. The Hall–Kier alpha value is -7.28. The molecule has 0 spiro atoms. The van der Waals surface area contributed by atoms with Gasteiger partial charge in [0, 0.05) is 61.5 Å². The molecule has 5 fully saturated rings. The fourth-order valence-corrected chi connectivity index (χ4v) is 12.1. The van der Waals surface area contributed by atoms with Gasteiger partial charge in [0.25, 0.3) is 0 Å². The number of hydrogen-bond donors (Lipinski definition) is 16. The molecule has 18 atom stereocenters. The van der Waals surface area contributed by atoms with E-state index in [0.29, 0.717) is 30.5 Å². The summed E-state index contributed by atoms with van der Waals surface area (Å²) in [5.74, 6) is -8.10. The molecule has 33 nitrogen and oxygen atoms in total. The van der Waals surface area contributed by atoms with Crippen LogP contribution in [0, 0.1) is 11.8 Å². The topological polar surface area (TPSA) is 477 Å². The van der Waals surface area contributed by atoms with Crippen LogP contribution >= 0.6 is 0 Å². The molecule has 514 valence electrons. The summed E-state index contributed by atoms with van der Waals surface area (Å²) >= 11 is 0. The maximum Gasteiger partial charge on any atom is 0.246 e. The molecule has 33 heteroatoms. The van der Waals surface area contributed by atoms with Gasteiger partial charge in [-0.05, 0) is 49.1 Å². The number of aromatic amines is 2. The first-order chi connectivity index (χ1) is 44.5. The molecule has 3 aromatic rings. The van der Waals surface area contributed by atoms with Crippen LogP contribution in [0.5, 0.6) is 0 Å². The number of fused-ring (bicyclic) bond motifs is 3. The zero-order valence-corrected chi connectivity index (χ0v) is 52.2. The molecule has 0 bridgehead atoms. The van der Waals surface area contributed by atoms with E-state index in [-0.39, 0.29) is 65.1 Å². The van der Waals surface area contributed by atoms with Gasteiger partial charge in [-0.15, -0.1) is 0 Å². The van der Waals surface area contributed by atoms with Gasteiger partial charge in [-0.2, -0.15) is 0 Å². The third-order valence-corrected chi connectivity index (χ3v) is 17.5. The van der Waals surface area contributed by atoms with Gasteiger partial charge in [-0.3, -0.25) is 43.2 Å². The van der Waals surface area contributed by atoms with Crippen LogP contribution in [-0.2, 0) is 79.7 Å². The normalized spacial score (nSPS) is 32.0. The third-order valence-electron chi connectivity index (χ3n) is 17.5. The Morgan fingerprint density at radius 3 is 2.04 bits per heavy atom. The van der Waals surface area contributed by atoms with E-state index in [4.69, 9.17) is 23.7 Å². The number of benzene rings is 1. The monoisotopic (exact) mass is 1310 g/mol. The van der Waals surface area contributed by atoms with E-state index >= 15 is 0 Å². The highest BCUT2D eigenvalue weighted by atomic mass is 16.7. The smallest absolute Gasteiger partial charge is 0.246 e. The number of amides is 9. The van der Waals surface area contributed by atoms with Gasteiger partial charge in [-0.1, -0.05) is 52.3 Å². The average Bonchev–Trinajstić information content (AvgIpc) is 1.82. The number of aliphatic hydroxyl groups excluding tert-OH is 7. The van der Waals surface area contributed by atoms with Gasteiger partial charge in [-0.25, -0.2) is 4.98 Å². The Labute approximate surface area is 535 Å². The molecule has 8 rings (SSSR count). The molecular formula is C60H88N12O21. The van der Waals surface area contributed by atoms with Gasteiger partial charge >= 0.3 is 0 Å². The van der Waals surface area contributed by atoms with E-state index < -0.39 is 195 Å². The number of carbonyl (C=O) groups is 9. The number of ether oxygens (including phenoxy) is 5. The van der Waals surface area contributed by atoms with Crippen molar-refractivity contribution in [3.63, 3.8) is 0 Å². The number of carbonyl (C=O) groups excluding carboxylic acids is 9. The molecule has 1 unspecified atom stereocenters. The molecule has 5 aliphatic heterocycles. The van der Waals surface area contributed by atoms with Crippen molar-refractivity contribution in [2.45, 2.75) is 183 Å². The largest absolute Gasteiger partial charge is 0.394 e. The highest BCUT2D eigenvalue weighted by molar-refractivity contribution is 6.00. The summed E-state index contributed by atoms with van der Waals surface area (Å²) in [5.41, 5.74) is 1.86. The lowest BCUT2D eigenvalue weighted by Crippen LogP contribution is -2.64. The molecule has 5 aliphatic rings. The Bertz CT molecular complexity index is 3040. The molecule has 16 N–H and O–H groups in total. The van der Waals surface area contributed by atoms with Gasteiger partial charge in [0.15, 0.2) is 12.6 Å². The summed E-state index contributed by atoms with van der Waals surface area (Å²) in [5, 5.41) is 91.7. The lowest BCUT2D eigenvalue weighted by molar-refractivity contribution is -0.359. The Balaban J connectivity index is 0.956. The summed E-state index contributed by atoms with van der Waals surface area (Å²) in [6, 6.07) is -1.81. The highest BCUT2D eigenvalue weighted by Gasteiger charge is 2.51. The fraction of sp³-hybridized carbons (Fsp3) is 0.667. The van der Waals surface area contributed by atoms with Crippen LogP contribution in [0.15, 0.2) is 43.0 Å². The van der Waals surface area contributed by atoms with Crippen molar-refractivity contribution in [2.24, 2.45) is 11.8 Å². The fourth-order valence-electron chi connectivity index (χ4n) is 12.1. The summed E-state index contributed by atoms with van der Waals surface area (Å²) in [6.45, 7) is 3.92. The standard InChI is InChI=1S/C60H88N12O21/c1-5-30(4)45-58(88)72-16-9-13-39(72)57(87)71-15-8-12-38(71)55(85)67-35(20-31-23-63-34-11-7-6-10-33(31)34)53(83)66-36(21-32-24-61-28-65-32)52(82)64-25-43(76)69-44(29(2)3)56(86)68-37(54(84)70-45)22-42(75)62-14-17-89-18-19-90-59-50(81)48(79)51(41(27-74)92-59)93-60-49(80)47(78)46(77)40(26-73)91-60/h6-7,10-11,23-24,28-30,35-41,44-51,59-60,63,73-74,77-81H,5,8-9,12-22,25-27H2,1-4H3,(H,61,65)(H,62,75)(H,64,82)(H,66,83)(H,67,85)(H,68,86)(H,69,76)(H,70,84)/t30?,35-,36-,37-,38-,39-,40+,41+,44-,45-,46+,47-,48+,49+,50+,51+,59+,60+/m0/s1. The first-order valence-electron chi connectivity index (χ1n) is 31.5. The van der Waals surface area contributed by atoms with E-state index in [9.17, 15) is 78.9 Å². The highest BCUT2D eigenvalue weighted by Crippen LogP contribution is 2.31. The number of rotatable bonds is 20. The van der Waals surface area contributed by atoms with Crippen LogP contribution in [0.2, 0.25) is 0 Å². The van der Waals surface area contributed by atoms with Crippen molar-refractivity contribution in [1.29, 1.82) is 0 Å². The Kier molecular flexibility index (Phi) is 25.6. The second kappa shape index (κ2) is 33.2. The van der Waals surface area contributed by atoms with Crippen molar-refractivity contribution >= 4 is 64.1 Å². The SMILES string of the molecule is CCC(C)[C@@H]1NC(=O)[C@H](CC(=O)NCCOCCO[C@@H]2O[C@H](CO)[C@@H](O[C@H]3O[C@H](CO)[C@@H](O)[C@H](O)[C@H]3O)[C@H](O)[C@H]2O)NC(=O)[C@H](C(C)C)NC(=O)CNC(=O)[C@H](Cc2cnc[nH]2)NC(=O)[C@H](Cc2c[nH]c3ccccc23)NC(=O)[C@@H]2CCCN2C(=O)[C@@H]2CCCN2C1=O. The second-order valence-electron chi connectivity index (χ2n) is 24.3. The molecule has 93 heavy (non-hydrogen) atoms. The lowest BCUT2D eigenvalue weighted by Gasteiger charge is -2.45. The summed E-state index contributed by atoms with van der Waals surface area (Å²) in [6.07, 6.45) is -11.3. The first-order valence-corrected chi connectivity index (χ1v) is 31.5. The maximum atomic E-state index is 14.9. The zero-order chi connectivity index (χ0) is 67.2. The summed E-state index contributed by atoms with van der Waals surface area (Å²) < 4.78 is 27.7. The predicted molar refractivity (Wildman–Crippen MR) is 322 cm³/mol. The number of para-hydroxylation sites is 1. The van der Waals surface area contributed by atoms with E-state index in [2.05, 4.69) is 52.2 Å². The molecule has 1 aromatic carbocycles. The first kappa shape index (κ1) is 71.6. The van der Waals surface area contributed by atoms with E-state index in [1.807, 2.05) is 24.3 Å². The number of nitrogens with one attached hydrogen (secondary N) is 9. The van der Waals surface area contributed by atoms with Crippen LogP contribution in [0.3, 0.4) is 0 Å². The Morgan fingerprint density at radius 1 is 0.688 bits per heavy atom. The number of hydrogen-bond acceptors (Lipinski definition) is 22. The molecular weight excluding hydrogens is 1220 g/mol. The minimum Gasteiger partial charge on any atom is -0.394 e. The number of aliphatic hydroxyl groups is 7. The average molecular weight is 1310 g/mol. The van der Waals surface area contributed by atoms with Gasteiger partial charge in [0.05, 0.1) is 52.3 Å².